The van der Waals surface area contributed by atoms with Crippen LogP contribution in [0.25, 0.3) is 0 Å². The lowest BCUT2D eigenvalue weighted by molar-refractivity contribution is 0.101. The molecule has 92 valence electrons. The maximum atomic E-state index is 11.2. The van der Waals surface area contributed by atoms with E-state index in [2.05, 4.69) is 4.98 Å². The Hall–Kier alpha value is -2.16. The van der Waals surface area contributed by atoms with Gasteiger partial charge in [0, 0.05) is 24.4 Å². The van der Waals surface area contributed by atoms with Crippen LogP contribution in [0.15, 0.2) is 48.8 Å². The molecule has 1 aromatic carbocycles. The lowest BCUT2D eigenvalue weighted by Crippen LogP contribution is -2.02. The van der Waals surface area contributed by atoms with Gasteiger partial charge in [0.05, 0.1) is 6.61 Å². The summed E-state index contributed by atoms with van der Waals surface area (Å²) >= 11 is 0. The number of nitrogens with zero attached hydrogens (tertiary/aromatic N) is 1. The van der Waals surface area contributed by atoms with Crippen molar-refractivity contribution in [3.05, 3.63) is 59.9 Å². The molecule has 0 fully saturated rings. The molecule has 0 unspecified atom stereocenters. The van der Waals surface area contributed by atoms with Crippen molar-refractivity contribution in [3.63, 3.8) is 0 Å². The van der Waals surface area contributed by atoms with Crippen molar-refractivity contribution < 1.29 is 9.53 Å². The van der Waals surface area contributed by atoms with Crippen LogP contribution in [0.4, 0.5) is 0 Å². The fourth-order valence-corrected chi connectivity index (χ4v) is 1.64. The number of pyridine rings is 1. The largest absolute Gasteiger partial charge is 0.493 e. The molecule has 1 aromatic heterocycles. The lowest BCUT2D eigenvalue weighted by atomic mass is 10.1. The van der Waals surface area contributed by atoms with Gasteiger partial charge in [-0.1, -0.05) is 18.2 Å². The summed E-state index contributed by atoms with van der Waals surface area (Å²) in [6, 6.07) is 11.2. The second-order valence-corrected chi connectivity index (χ2v) is 4.04. The van der Waals surface area contributed by atoms with Gasteiger partial charge in [0.25, 0.3) is 0 Å². The summed E-state index contributed by atoms with van der Waals surface area (Å²) in [4.78, 5) is 15.3. The minimum absolute atomic E-state index is 0.0488. The topological polar surface area (TPSA) is 39.2 Å². The van der Waals surface area contributed by atoms with E-state index < -0.39 is 0 Å². The Balaban J connectivity index is 1.90. The van der Waals surface area contributed by atoms with Crippen LogP contribution in [-0.4, -0.2) is 17.4 Å². The Morgan fingerprint density at radius 2 is 2.17 bits per heavy atom. The van der Waals surface area contributed by atoms with E-state index >= 15 is 0 Å². The molecular weight excluding hydrogens is 226 g/mol. The average Bonchev–Trinajstić information content (AvgIpc) is 2.40. The summed E-state index contributed by atoms with van der Waals surface area (Å²) < 4.78 is 5.62. The highest BCUT2D eigenvalue weighted by atomic mass is 16.5. The van der Waals surface area contributed by atoms with Gasteiger partial charge in [-0.3, -0.25) is 9.78 Å². The molecule has 0 saturated heterocycles. The van der Waals surface area contributed by atoms with Crippen molar-refractivity contribution in [1.29, 1.82) is 0 Å². The number of carbonyl (C=O) groups is 1. The van der Waals surface area contributed by atoms with Crippen LogP contribution >= 0.6 is 0 Å². The van der Waals surface area contributed by atoms with Gasteiger partial charge in [0.1, 0.15) is 5.75 Å². The first kappa shape index (κ1) is 12.3. The van der Waals surface area contributed by atoms with E-state index in [1.54, 1.807) is 25.3 Å². The predicted octanol–water partition coefficient (Wildman–Crippen LogP) is 2.91. The highest BCUT2D eigenvalue weighted by Gasteiger charge is 2.01. The Morgan fingerprint density at radius 3 is 2.89 bits per heavy atom. The summed E-state index contributed by atoms with van der Waals surface area (Å²) in [6.45, 7) is 2.13. The number of carbonyl (C=O) groups excluding carboxylic acids is 1. The Kier molecular flexibility index (Phi) is 4.07. The molecule has 0 radical (unpaired) electrons. The van der Waals surface area contributed by atoms with Gasteiger partial charge < -0.3 is 4.74 Å². The summed E-state index contributed by atoms with van der Waals surface area (Å²) in [5, 5.41) is 0. The number of rotatable bonds is 5. The SMILES string of the molecule is CC(=O)c1cccc(OCCc2cccnc2)c1. The molecule has 0 spiro atoms. The molecule has 0 aliphatic carbocycles. The van der Waals surface area contributed by atoms with Crippen LogP contribution in [0.1, 0.15) is 22.8 Å². The van der Waals surface area contributed by atoms with Gasteiger partial charge in [-0.05, 0) is 30.7 Å². The third-order valence-electron chi connectivity index (χ3n) is 2.62. The number of hydrogen-bond donors (Lipinski definition) is 0. The van der Waals surface area contributed by atoms with E-state index in [0.29, 0.717) is 12.2 Å². The van der Waals surface area contributed by atoms with E-state index in [9.17, 15) is 4.79 Å². The van der Waals surface area contributed by atoms with Gasteiger partial charge in [-0.25, -0.2) is 0 Å². The molecule has 3 nitrogen and oxygen atoms in total. The second kappa shape index (κ2) is 5.96. The fourth-order valence-electron chi connectivity index (χ4n) is 1.64. The van der Waals surface area contributed by atoms with Gasteiger partial charge in [-0.2, -0.15) is 0 Å². The molecule has 3 heteroatoms. The van der Waals surface area contributed by atoms with Crippen molar-refractivity contribution in [2.45, 2.75) is 13.3 Å². The van der Waals surface area contributed by atoms with Crippen LogP contribution in [0.2, 0.25) is 0 Å². The predicted molar refractivity (Wildman–Crippen MR) is 69.9 cm³/mol. The van der Waals surface area contributed by atoms with Gasteiger partial charge in [0.15, 0.2) is 5.78 Å². The summed E-state index contributed by atoms with van der Waals surface area (Å²) in [6.07, 6.45) is 4.38. The molecule has 0 saturated carbocycles. The van der Waals surface area contributed by atoms with Crippen LogP contribution in [-0.2, 0) is 6.42 Å². The smallest absolute Gasteiger partial charge is 0.159 e. The van der Waals surface area contributed by atoms with Gasteiger partial charge in [0.2, 0.25) is 0 Å². The van der Waals surface area contributed by atoms with Gasteiger partial charge in [-0.15, -0.1) is 0 Å². The van der Waals surface area contributed by atoms with Crippen molar-refractivity contribution >= 4 is 5.78 Å². The summed E-state index contributed by atoms with van der Waals surface area (Å²) in [7, 11) is 0. The maximum Gasteiger partial charge on any atom is 0.159 e. The van der Waals surface area contributed by atoms with E-state index in [-0.39, 0.29) is 5.78 Å². The highest BCUT2D eigenvalue weighted by molar-refractivity contribution is 5.94. The first-order valence-corrected chi connectivity index (χ1v) is 5.88. The monoisotopic (exact) mass is 241 g/mol. The van der Waals surface area contributed by atoms with Crippen LogP contribution < -0.4 is 4.74 Å². The lowest BCUT2D eigenvalue weighted by Gasteiger charge is -2.06. The number of hydrogen-bond acceptors (Lipinski definition) is 3. The average molecular weight is 241 g/mol. The molecule has 0 atom stereocenters. The summed E-state index contributed by atoms with van der Waals surface area (Å²) in [5.41, 5.74) is 1.81. The molecule has 0 aliphatic heterocycles. The fraction of sp³-hybridized carbons (Fsp3) is 0.200. The molecule has 0 aliphatic rings. The molecule has 0 bridgehead atoms. The Labute approximate surface area is 106 Å². The second-order valence-electron chi connectivity index (χ2n) is 4.04. The van der Waals surface area contributed by atoms with Crippen LogP contribution in [0.3, 0.4) is 0 Å². The summed E-state index contributed by atoms with van der Waals surface area (Å²) in [5.74, 6) is 0.777. The van der Waals surface area contributed by atoms with Crippen molar-refractivity contribution in [1.82, 2.24) is 4.98 Å². The number of ketones is 1. The van der Waals surface area contributed by atoms with Crippen LogP contribution in [0.5, 0.6) is 5.75 Å². The third kappa shape index (κ3) is 3.42. The normalized spacial score (nSPS) is 10.1. The zero-order chi connectivity index (χ0) is 12.8. The van der Waals surface area contributed by atoms with Crippen molar-refractivity contribution in [3.8, 4) is 5.75 Å². The third-order valence-corrected chi connectivity index (χ3v) is 2.62. The minimum atomic E-state index is 0.0488. The number of aromatic nitrogens is 1. The molecule has 2 aromatic rings. The first-order chi connectivity index (χ1) is 8.75. The number of ether oxygens (including phenoxy) is 1. The number of Topliss-reactive ketones (excluding diaryl/α,β-unsaturated/α-hetero) is 1. The minimum Gasteiger partial charge on any atom is -0.493 e. The van der Waals surface area contributed by atoms with Crippen molar-refractivity contribution in [2.24, 2.45) is 0 Å². The molecule has 0 amide bonds. The van der Waals surface area contributed by atoms with Crippen molar-refractivity contribution in [2.75, 3.05) is 6.61 Å². The Bertz CT molecular complexity index is 523. The maximum absolute atomic E-state index is 11.2. The van der Waals surface area contributed by atoms with E-state index in [0.717, 1.165) is 17.7 Å². The molecule has 0 N–H and O–H groups in total. The van der Waals surface area contributed by atoms with Crippen LogP contribution in [0, 0.1) is 0 Å². The molecule has 18 heavy (non-hydrogen) atoms. The van der Waals surface area contributed by atoms with E-state index in [1.807, 2.05) is 30.5 Å². The van der Waals surface area contributed by atoms with E-state index in [1.165, 1.54) is 0 Å². The molecule has 1 heterocycles. The van der Waals surface area contributed by atoms with Gasteiger partial charge >= 0.3 is 0 Å². The van der Waals surface area contributed by atoms with E-state index in [4.69, 9.17) is 4.74 Å². The zero-order valence-electron chi connectivity index (χ0n) is 10.3. The standard InChI is InChI=1S/C15H15NO2/c1-12(17)14-5-2-6-15(10-14)18-9-7-13-4-3-8-16-11-13/h2-6,8,10-11H,7,9H2,1H3. The molecule has 2 rings (SSSR count). The molecular formula is C15H15NO2. The zero-order valence-corrected chi connectivity index (χ0v) is 10.3. The quantitative estimate of drug-likeness (QED) is 0.755. The first-order valence-electron chi connectivity index (χ1n) is 5.88. The highest BCUT2D eigenvalue weighted by Crippen LogP contribution is 2.14. The Morgan fingerprint density at radius 1 is 1.28 bits per heavy atom. The number of benzene rings is 1.